The number of amides is 1. The smallest absolute Gasteiger partial charge is 0.256 e. The van der Waals surface area contributed by atoms with Crippen LogP contribution in [0.2, 0.25) is 0 Å². The molecule has 0 aliphatic rings. The van der Waals surface area contributed by atoms with E-state index in [0.717, 1.165) is 11.8 Å². The van der Waals surface area contributed by atoms with Crippen LogP contribution in [-0.4, -0.2) is 35.6 Å². The van der Waals surface area contributed by atoms with Gasteiger partial charge in [-0.05, 0) is 12.1 Å². The highest BCUT2D eigenvalue weighted by atomic mass is 32.2. The lowest BCUT2D eigenvalue weighted by molar-refractivity contribution is 0.102. The van der Waals surface area contributed by atoms with Crippen LogP contribution < -0.4 is 5.32 Å². The number of hydrogen-bond acceptors (Lipinski definition) is 8. The van der Waals surface area contributed by atoms with Crippen LogP contribution >= 0.6 is 11.8 Å². The molecule has 0 aliphatic carbocycles. The summed E-state index contributed by atoms with van der Waals surface area (Å²) < 4.78 is 7.33. The molecule has 0 fully saturated rings. The number of furan rings is 1. The van der Waals surface area contributed by atoms with Crippen molar-refractivity contribution >= 4 is 39.8 Å². The molecule has 0 saturated heterocycles. The molecule has 168 valence electrons. The third-order valence-corrected chi connectivity index (χ3v) is 5.86. The Bertz CT molecular complexity index is 1480. The summed E-state index contributed by atoms with van der Waals surface area (Å²) in [5, 5.41) is 13.0. The Kier molecular flexibility index (Phi) is 5.79. The average molecular weight is 471 g/mol. The summed E-state index contributed by atoms with van der Waals surface area (Å²) in [5.41, 5.74) is 1.79. The van der Waals surface area contributed by atoms with Crippen LogP contribution in [0.3, 0.4) is 0 Å². The first-order valence-corrected chi connectivity index (χ1v) is 11.2. The van der Waals surface area contributed by atoms with E-state index in [4.69, 9.17) is 4.42 Å². The van der Waals surface area contributed by atoms with Gasteiger partial charge in [0.1, 0.15) is 12.7 Å². The van der Waals surface area contributed by atoms with Crippen LogP contribution in [-0.2, 0) is 5.75 Å². The number of benzene rings is 2. The third-order valence-electron chi connectivity index (χ3n) is 4.96. The summed E-state index contributed by atoms with van der Waals surface area (Å²) in [6.45, 7) is 0. The largest absolute Gasteiger partial charge is 0.504 e. The number of nitrogens with one attached hydrogen (secondary N) is 1. The maximum Gasteiger partial charge on any atom is 0.256 e. The summed E-state index contributed by atoms with van der Waals surface area (Å²) in [6.07, 6.45) is 2.76. The van der Waals surface area contributed by atoms with E-state index in [1.165, 1.54) is 23.3 Å². The number of carbonyl (C=O) groups excluding carboxylic acids is 2. The maximum atomic E-state index is 12.5. The number of imidazole rings is 1. The Morgan fingerprint density at radius 3 is 2.41 bits per heavy atom. The molecule has 0 unspecified atom stereocenters. The molecule has 5 rings (SSSR count). The van der Waals surface area contributed by atoms with E-state index in [9.17, 15) is 14.7 Å². The lowest BCUT2D eigenvalue weighted by Gasteiger charge is -2.05. The highest BCUT2D eigenvalue weighted by Gasteiger charge is 2.19. The van der Waals surface area contributed by atoms with E-state index in [-0.39, 0.29) is 40.0 Å². The number of anilines is 1. The zero-order valence-electron chi connectivity index (χ0n) is 17.6. The van der Waals surface area contributed by atoms with Gasteiger partial charge < -0.3 is 14.8 Å². The standard InChI is InChI=1S/C24H17N5O4S/c30-17-11-19(33-18(17)12-34-24(32)16-9-5-2-6-10-16)29-14-27-20-21(25-13-26-22(20)29)28-23(31)15-7-3-1-4-8-15/h1-11,13-14,30H,12H2,(H,25,26,28,31). The summed E-state index contributed by atoms with van der Waals surface area (Å²) in [6, 6.07) is 19.1. The van der Waals surface area contributed by atoms with Crippen LogP contribution in [0.1, 0.15) is 26.5 Å². The second kappa shape index (κ2) is 9.20. The van der Waals surface area contributed by atoms with E-state index >= 15 is 0 Å². The van der Waals surface area contributed by atoms with E-state index in [1.807, 2.05) is 12.1 Å². The van der Waals surface area contributed by atoms with Gasteiger partial charge in [-0.25, -0.2) is 15.0 Å². The van der Waals surface area contributed by atoms with Gasteiger partial charge in [-0.1, -0.05) is 60.3 Å². The fraction of sp³-hybridized carbons (Fsp3) is 0.0417. The Balaban J connectivity index is 1.37. The molecule has 10 heteroatoms. The number of fused-ring (bicyclic) bond motifs is 1. The number of aromatic hydroxyl groups is 1. The monoisotopic (exact) mass is 471 g/mol. The molecule has 0 atom stereocenters. The van der Waals surface area contributed by atoms with Crippen molar-refractivity contribution in [3.05, 3.63) is 96.3 Å². The predicted molar refractivity (Wildman–Crippen MR) is 127 cm³/mol. The molecule has 0 spiro atoms. The number of nitrogens with zero attached hydrogens (tertiary/aromatic N) is 4. The second-order valence-corrected chi connectivity index (χ2v) is 8.11. The summed E-state index contributed by atoms with van der Waals surface area (Å²) in [5.74, 6) is 0.502. The number of aromatic nitrogens is 4. The quantitative estimate of drug-likeness (QED) is 0.373. The average Bonchev–Trinajstić information content (AvgIpc) is 3.47. The molecular formula is C24H17N5O4S. The van der Waals surface area contributed by atoms with Gasteiger partial charge in [0, 0.05) is 17.2 Å². The normalized spacial score (nSPS) is 10.9. The van der Waals surface area contributed by atoms with Crippen molar-refractivity contribution in [3.8, 4) is 11.6 Å². The molecule has 3 heterocycles. The zero-order valence-corrected chi connectivity index (χ0v) is 18.4. The molecule has 5 aromatic rings. The highest BCUT2D eigenvalue weighted by molar-refractivity contribution is 8.13. The number of rotatable bonds is 6. The third kappa shape index (κ3) is 4.26. The van der Waals surface area contributed by atoms with E-state index < -0.39 is 0 Å². The van der Waals surface area contributed by atoms with Crippen molar-refractivity contribution in [3.63, 3.8) is 0 Å². The predicted octanol–water partition coefficient (Wildman–Crippen LogP) is 4.44. The van der Waals surface area contributed by atoms with Gasteiger partial charge >= 0.3 is 0 Å². The number of hydrogen-bond donors (Lipinski definition) is 2. The lowest BCUT2D eigenvalue weighted by atomic mass is 10.2. The van der Waals surface area contributed by atoms with E-state index in [0.29, 0.717) is 22.3 Å². The minimum atomic E-state index is -0.326. The Morgan fingerprint density at radius 2 is 1.68 bits per heavy atom. The van der Waals surface area contributed by atoms with Crippen LogP contribution in [0.5, 0.6) is 5.75 Å². The van der Waals surface area contributed by atoms with Gasteiger partial charge in [0.05, 0.1) is 5.75 Å². The van der Waals surface area contributed by atoms with Gasteiger partial charge in [0.2, 0.25) is 11.0 Å². The molecule has 0 bridgehead atoms. The van der Waals surface area contributed by atoms with E-state index in [2.05, 4.69) is 20.3 Å². The van der Waals surface area contributed by atoms with Crippen molar-refractivity contribution in [2.75, 3.05) is 5.32 Å². The summed E-state index contributed by atoms with van der Waals surface area (Å²) in [7, 11) is 0. The Labute approximate surface area is 197 Å². The summed E-state index contributed by atoms with van der Waals surface area (Å²) >= 11 is 1.03. The van der Waals surface area contributed by atoms with Crippen molar-refractivity contribution < 1.29 is 19.1 Å². The minimum absolute atomic E-state index is 0.0862. The SMILES string of the molecule is O=C(Nc1ncnc2c1ncn2-c1cc(O)c(CSC(=O)c2ccccc2)o1)c1ccccc1. The van der Waals surface area contributed by atoms with Crippen molar-refractivity contribution in [2.24, 2.45) is 0 Å². The van der Waals surface area contributed by atoms with Crippen molar-refractivity contribution in [1.29, 1.82) is 0 Å². The fourth-order valence-corrected chi connectivity index (χ4v) is 4.04. The first-order valence-electron chi connectivity index (χ1n) is 10.2. The molecule has 2 aromatic carbocycles. The highest BCUT2D eigenvalue weighted by Crippen LogP contribution is 2.31. The first kappa shape index (κ1) is 21.4. The zero-order chi connectivity index (χ0) is 23.5. The van der Waals surface area contributed by atoms with Crippen LogP contribution in [0.15, 0.2) is 83.8 Å². The van der Waals surface area contributed by atoms with Crippen molar-refractivity contribution in [2.45, 2.75) is 5.75 Å². The molecule has 0 radical (unpaired) electrons. The first-order chi connectivity index (χ1) is 16.6. The van der Waals surface area contributed by atoms with Gasteiger partial charge in [-0.3, -0.25) is 14.2 Å². The van der Waals surface area contributed by atoms with Gasteiger partial charge in [0.15, 0.2) is 28.5 Å². The van der Waals surface area contributed by atoms with Crippen LogP contribution in [0.4, 0.5) is 5.82 Å². The van der Waals surface area contributed by atoms with Crippen LogP contribution in [0.25, 0.3) is 17.0 Å². The molecule has 3 aromatic heterocycles. The molecule has 1 amide bonds. The number of thioether (sulfide) groups is 1. The topological polar surface area (TPSA) is 123 Å². The van der Waals surface area contributed by atoms with Gasteiger partial charge in [-0.2, -0.15) is 0 Å². The molecule has 0 aliphatic heterocycles. The van der Waals surface area contributed by atoms with E-state index in [1.54, 1.807) is 48.5 Å². The second-order valence-electron chi connectivity index (χ2n) is 7.16. The fourth-order valence-electron chi connectivity index (χ4n) is 3.27. The molecule has 9 nitrogen and oxygen atoms in total. The van der Waals surface area contributed by atoms with Crippen molar-refractivity contribution in [1.82, 2.24) is 19.5 Å². The lowest BCUT2D eigenvalue weighted by Crippen LogP contribution is -2.13. The minimum Gasteiger partial charge on any atom is -0.504 e. The molecule has 2 N–H and O–H groups in total. The maximum absolute atomic E-state index is 12.5. The number of carbonyl (C=O) groups is 2. The van der Waals surface area contributed by atoms with Gasteiger partial charge in [-0.15, -0.1) is 0 Å². The Hall–Kier alpha value is -4.44. The summed E-state index contributed by atoms with van der Waals surface area (Å²) in [4.78, 5) is 37.6. The van der Waals surface area contributed by atoms with Crippen LogP contribution in [0, 0.1) is 0 Å². The Morgan fingerprint density at radius 1 is 0.971 bits per heavy atom. The molecular weight excluding hydrogens is 454 g/mol. The van der Waals surface area contributed by atoms with Gasteiger partial charge in [0.25, 0.3) is 5.91 Å². The molecule has 34 heavy (non-hydrogen) atoms. The molecule has 0 saturated carbocycles.